The molecule has 194 valence electrons. The van der Waals surface area contributed by atoms with Crippen LogP contribution < -0.4 is 16.0 Å². The Morgan fingerprint density at radius 3 is 2.43 bits per heavy atom. The summed E-state index contributed by atoms with van der Waals surface area (Å²) >= 11 is 0. The molecule has 1 aromatic heterocycles. The third-order valence-corrected chi connectivity index (χ3v) is 6.62. The Kier molecular flexibility index (Phi) is 8.19. The Hall–Kier alpha value is -2.55. The highest BCUT2D eigenvalue weighted by molar-refractivity contribution is 5.96. The first-order valence-electron chi connectivity index (χ1n) is 12.8. The summed E-state index contributed by atoms with van der Waals surface area (Å²) in [5.74, 6) is 0.115. The Balaban J connectivity index is 1.69. The molecule has 9 nitrogen and oxygen atoms in total. The van der Waals surface area contributed by atoms with Crippen LogP contribution in [0.15, 0.2) is 12.3 Å². The molecule has 1 aliphatic heterocycles. The zero-order valence-electron chi connectivity index (χ0n) is 22.3. The highest BCUT2D eigenvalue weighted by Crippen LogP contribution is 2.29. The van der Waals surface area contributed by atoms with Crippen LogP contribution in [-0.2, 0) is 15.0 Å². The van der Waals surface area contributed by atoms with Crippen molar-refractivity contribution < 1.29 is 14.4 Å². The van der Waals surface area contributed by atoms with Gasteiger partial charge in [0.25, 0.3) is 5.91 Å². The van der Waals surface area contributed by atoms with E-state index in [1.165, 1.54) is 0 Å². The maximum Gasteiger partial charge on any atom is 0.270 e. The van der Waals surface area contributed by atoms with Crippen LogP contribution in [-0.4, -0.2) is 68.8 Å². The largest absolute Gasteiger partial charge is 0.351 e. The lowest BCUT2D eigenvalue weighted by Gasteiger charge is -2.43. The van der Waals surface area contributed by atoms with Gasteiger partial charge < -0.3 is 20.9 Å². The maximum atomic E-state index is 13.4. The Labute approximate surface area is 209 Å². The van der Waals surface area contributed by atoms with Crippen LogP contribution in [0.25, 0.3) is 0 Å². The molecule has 3 amide bonds. The summed E-state index contributed by atoms with van der Waals surface area (Å²) in [5.41, 5.74) is -0.0451. The standard InChI is InChI=1S/C26H42N6O3/c1-8-21(33)28-19-15-16(31-26(5,6)7)9-10-20(19)32-14-12-18(23(32)35)29-22(34)17-11-13-27-24(30-17)25(2,3)4/h11,13,16,18-20,31H,8-10,12,14-15H2,1-7H3,(H,28,33)(H,29,34)/t16-,18+,19+,20+/m1/s1. The lowest BCUT2D eigenvalue weighted by Crippen LogP contribution is -2.59. The SMILES string of the molecule is CCC(=O)N[C@H]1C[C@H](NC(C)(C)C)CC[C@@H]1N1CC[C@H](NC(=O)c2ccnc(C(C)(C)C)n2)C1=O. The summed E-state index contributed by atoms with van der Waals surface area (Å²) in [5, 5.41) is 9.68. The van der Waals surface area contributed by atoms with Crippen molar-refractivity contribution in [3.05, 3.63) is 23.8 Å². The number of hydrogen-bond donors (Lipinski definition) is 3. The average molecular weight is 487 g/mol. The van der Waals surface area contributed by atoms with Gasteiger partial charge in [0.05, 0.1) is 12.1 Å². The molecule has 3 rings (SSSR count). The van der Waals surface area contributed by atoms with E-state index >= 15 is 0 Å². The van der Waals surface area contributed by atoms with E-state index < -0.39 is 6.04 Å². The van der Waals surface area contributed by atoms with Crippen molar-refractivity contribution in [2.75, 3.05) is 6.54 Å². The van der Waals surface area contributed by atoms with Gasteiger partial charge in [-0.05, 0) is 52.5 Å². The lowest BCUT2D eigenvalue weighted by atomic mass is 9.84. The molecule has 0 radical (unpaired) electrons. The number of carbonyl (C=O) groups is 3. The summed E-state index contributed by atoms with van der Waals surface area (Å²) in [4.78, 5) is 49.1. The van der Waals surface area contributed by atoms with Crippen molar-refractivity contribution in [2.45, 2.75) is 116 Å². The van der Waals surface area contributed by atoms with Gasteiger partial charge in [-0.1, -0.05) is 27.7 Å². The molecule has 0 spiro atoms. The van der Waals surface area contributed by atoms with E-state index in [0.717, 1.165) is 19.3 Å². The highest BCUT2D eigenvalue weighted by Gasteiger charge is 2.43. The fourth-order valence-corrected chi connectivity index (χ4v) is 4.98. The fourth-order valence-electron chi connectivity index (χ4n) is 4.98. The number of carbonyl (C=O) groups excluding carboxylic acids is 3. The van der Waals surface area contributed by atoms with Crippen LogP contribution in [0.1, 0.15) is 96.9 Å². The molecule has 2 heterocycles. The number of hydrogen-bond acceptors (Lipinski definition) is 6. The van der Waals surface area contributed by atoms with Gasteiger partial charge in [0, 0.05) is 36.2 Å². The van der Waals surface area contributed by atoms with Crippen LogP contribution in [0.2, 0.25) is 0 Å². The van der Waals surface area contributed by atoms with Gasteiger partial charge in [0.2, 0.25) is 11.8 Å². The molecule has 0 aromatic carbocycles. The topological polar surface area (TPSA) is 116 Å². The van der Waals surface area contributed by atoms with Crippen molar-refractivity contribution in [3.63, 3.8) is 0 Å². The summed E-state index contributed by atoms with van der Waals surface area (Å²) in [6, 6.07) is 1.05. The van der Waals surface area contributed by atoms with E-state index in [4.69, 9.17) is 0 Å². The molecule has 4 atom stereocenters. The van der Waals surface area contributed by atoms with Gasteiger partial charge in [0.1, 0.15) is 17.6 Å². The molecule has 1 aromatic rings. The first-order chi connectivity index (χ1) is 16.3. The number of nitrogens with one attached hydrogen (secondary N) is 3. The zero-order chi connectivity index (χ0) is 26.0. The minimum atomic E-state index is -0.594. The number of aromatic nitrogens is 2. The van der Waals surface area contributed by atoms with E-state index in [1.807, 2.05) is 32.6 Å². The predicted molar refractivity (Wildman–Crippen MR) is 135 cm³/mol. The average Bonchev–Trinajstić information content (AvgIpc) is 3.12. The molecule has 0 unspecified atom stereocenters. The van der Waals surface area contributed by atoms with E-state index in [9.17, 15) is 14.4 Å². The minimum absolute atomic E-state index is 0.00804. The second-order valence-corrected chi connectivity index (χ2v) is 11.9. The second-order valence-electron chi connectivity index (χ2n) is 11.9. The van der Waals surface area contributed by atoms with Crippen LogP contribution in [0.5, 0.6) is 0 Å². The monoisotopic (exact) mass is 486 g/mol. The molecule has 2 fully saturated rings. The molecule has 1 saturated heterocycles. The molecule has 0 bridgehead atoms. The lowest BCUT2D eigenvalue weighted by molar-refractivity contribution is -0.133. The first kappa shape index (κ1) is 27.0. The highest BCUT2D eigenvalue weighted by atomic mass is 16.2. The van der Waals surface area contributed by atoms with Gasteiger partial charge in [-0.25, -0.2) is 9.97 Å². The third-order valence-electron chi connectivity index (χ3n) is 6.62. The number of rotatable bonds is 6. The van der Waals surface area contributed by atoms with Crippen molar-refractivity contribution in [2.24, 2.45) is 0 Å². The quantitative estimate of drug-likeness (QED) is 0.568. The zero-order valence-corrected chi connectivity index (χ0v) is 22.3. The summed E-state index contributed by atoms with van der Waals surface area (Å²) in [6.45, 7) is 14.8. The van der Waals surface area contributed by atoms with Gasteiger partial charge in [-0.2, -0.15) is 0 Å². The Morgan fingerprint density at radius 1 is 1.09 bits per heavy atom. The Bertz CT molecular complexity index is 936. The van der Waals surface area contributed by atoms with Gasteiger partial charge >= 0.3 is 0 Å². The Morgan fingerprint density at radius 2 is 1.80 bits per heavy atom. The van der Waals surface area contributed by atoms with E-state index in [0.29, 0.717) is 25.2 Å². The van der Waals surface area contributed by atoms with Crippen molar-refractivity contribution >= 4 is 17.7 Å². The summed E-state index contributed by atoms with van der Waals surface area (Å²) in [7, 11) is 0. The van der Waals surface area contributed by atoms with Crippen LogP contribution in [0.3, 0.4) is 0 Å². The number of amides is 3. The maximum absolute atomic E-state index is 13.4. The molecule has 2 aliphatic rings. The molecule has 3 N–H and O–H groups in total. The number of nitrogens with zero attached hydrogens (tertiary/aromatic N) is 3. The molecule has 35 heavy (non-hydrogen) atoms. The molecular formula is C26H42N6O3. The molecule has 9 heteroatoms. The molecule has 1 aliphatic carbocycles. The molecular weight excluding hydrogens is 444 g/mol. The second kappa shape index (κ2) is 10.6. The van der Waals surface area contributed by atoms with Gasteiger partial charge in [-0.15, -0.1) is 0 Å². The predicted octanol–water partition coefficient (Wildman–Crippen LogP) is 2.31. The summed E-state index contributed by atoms with van der Waals surface area (Å²) < 4.78 is 0. The van der Waals surface area contributed by atoms with E-state index in [1.54, 1.807) is 12.3 Å². The number of likely N-dealkylation sites (tertiary alicyclic amines) is 1. The molecule has 1 saturated carbocycles. The minimum Gasteiger partial charge on any atom is -0.351 e. The third kappa shape index (κ3) is 6.99. The van der Waals surface area contributed by atoms with Crippen molar-refractivity contribution in [1.29, 1.82) is 0 Å². The van der Waals surface area contributed by atoms with Gasteiger partial charge in [-0.3, -0.25) is 14.4 Å². The smallest absolute Gasteiger partial charge is 0.270 e. The van der Waals surface area contributed by atoms with Crippen LogP contribution >= 0.6 is 0 Å². The van der Waals surface area contributed by atoms with Gasteiger partial charge in [0.15, 0.2) is 0 Å². The van der Waals surface area contributed by atoms with Crippen LogP contribution in [0, 0.1) is 0 Å². The normalized spacial score (nSPS) is 25.5. The van der Waals surface area contributed by atoms with Crippen molar-refractivity contribution in [3.8, 4) is 0 Å². The van der Waals surface area contributed by atoms with E-state index in [2.05, 4.69) is 46.7 Å². The fraction of sp³-hybridized carbons (Fsp3) is 0.731. The van der Waals surface area contributed by atoms with Crippen LogP contribution in [0.4, 0.5) is 0 Å². The van der Waals surface area contributed by atoms with E-state index in [-0.39, 0.29) is 52.5 Å². The van der Waals surface area contributed by atoms with Crippen molar-refractivity contribution in [1.82, 2.24) is 30.8 Å². The first-order valence-corrected chi connectivity index (χ1v) is 12.8. The summed E-state index contributed by atoms with van der Waals surface area (Å²) in [6.07, 6.45) is 5.02.